The highest BCUT2D eigenvalue weighted by Crippen LogP contribution is 2.51. The molecule has 5 nitrogen and oxygen atoms in total. The second kappa shape index (κ2) is 6.36. The number of aliphatic hydroxyl groups excluding tert-OH is 1. The Labute approximate surface area is 142 Å². The van der Waals surface area contributed by atoms with Crippen molar-refractivity contribution in [3.63, 3.8) is 0 Å². The van der Waals surface area contributed by atoms with Gasteiger partial charge in [0.25, 0.3) is 0 Å². The van der Waals surface area contributed by atoms with Crippen molar-refractivity contribution in [2.75, 3.05) is 7.11 Å². The van der Waals surface area contributed by atoms with Crippen molar-refractivity contribution >= 4 is 11.8 Å². The van der Waals surface area contributed by atoms with Gasteiger partial charge in [-0.2, -0.15) is 0 Å². The number of ether oxygens (including phenoxy) is 2. The lowest BCUT2D eigenvalue weighted by atomic mass is 9.74. The van der Waals surface area contributed by atoms with Gasteiger partial charge in [0.05, 0.1) is 7.11 Å². The summed E-state index contributed by atoms with van der Waals surface area (Å²) < 4.78 is 10.9. The predicted octanol–water partition coefficient (Wildman–Crippen LogP) is 2.68. The van der Waals surface area contributed by atoms with Crippen LogP contribution in [-0.4, -0.2) is 35.7 Å². The number of aliphatic hydroxyl groups is 1. The van der Waals surface area contributed by atoms with Gasteiger partial charge in [-0.3, -0.25) is 9.59 Å². The molecule has 0 aromatic heterocycles. The molecular formula is C19H26O5. The van der Waals surface area contributed by atoms with Crippen LogP contribution in [0.4, 0.5) is 0 Å². The predicted molar refractivity (Wildman–Crippen MR) is 88.0 cm³/mol. The summed E-state index contributed by atoms with van der Waals surface area (Å²) in [4.78, 5) is 23.7. The Morgan fingerprint density at radius 1 is 1.54 bits per heavy atom. The van der Waals surface area contributed by atoms with Gasteiger partial charge in [0.15, 0.2) is 5.78 Å². The second-order valence-electron chi connectivity index (χ2n) is 7.42. The number of esters is 1. The number of ketones is 1. The van der Waals surface area contributed by atoms with Gasteiger partial charge in [0.1, 0.15) is 17.5 Å². The molecule has 24 heavy (non-hydrogen) atoms. The topological polar surface area (TPSA) is 72.8 Å². The van der Waals surface area contributed by atoms with Crippen LogP contribution in [0.25, 0.3) is 0 Å². The largest absolute Gasteiger partial charge is 0.488 e. The molecule has 0 saturated heterocycles. The Kier molecular flexibility index (Phi) is 4.56. The zero-order valence-electron chi connectivity index (χ0n) is 14.6. The van der Waals surface area contributed by atoms with Crippen LogP contribution in [0, 0.1) is 11.8 Å². The van der Waals surface area contributed by atoms with Crippen LogP contribution in [-0.2, 0) is 19.1 Å². The van der Waals surface area contributed by atoms with Crippen LogP contribution in [0.3, 0.4) is 0 Å². The highest BCUT2D eigenvalue weighted by Gasteiger charge is 2.50. The van der Waals surface area contributed by atoms with E-state index in [4.69, 9.17) is 9.47 Å². The number of Topliss-reactive ketones (excluding diaryl/α,β-unsaturated/α-hetero) is 1. The standard InChI is InChI=1S/C19H26O5/c1-11(4-7-17(22)23-3)12-8-9-19(2)14(12)10-13-15(20)5-6-16(21)18(13)24-19/h8,11,14,16,21H,4-7,9-10H2,1-3H3/t11-,14+,16+,19-/m1/s1. The van der Waals surface area contributed by atoms with E-state index in [0.29, 0.717) is 37.0 Å². The quantitative estimate of drug-likeness (QED) is 0.632. The minimum atomic E-state index is -0.656. The molecule has 132 valence electrons. The van der Waals surface area contributed by atoms with Crippen molar-refractivity contribution < 1.29 is 24.2 Å². The summed E-state index contributed by atoms with van der Waals surface area (Å²) in [6.45, 7) is 4.17. The summed E-state index contributed by atoms with van der Waals surface area (Å²) >= 11 is 0. The zero-order valence-corrected chi connectivity index (χ0v) is 14.6. The molecule has 0 bridgehead atoms. The van der Waals surface area contributed by atoms with Crippen molar-refractivity contribution in [1.29, 1.82) is 0 Å². The van der Waals surface area contributed by atoms with Crippen LogP contribution < -0.4 is 0 Å². The number of methoxy groups -OCH3 is 1. The fourth-order valence-electron chi connectivity index (χ4n) is 4.24. The smallest absolute Gasteiger partial charge is 0.305 e. The lowest BCUT2D eigenvalue weighted by Crippen LogP contribution is -2.44. The van der Waals surface area contributed by atoms with E-state index in [-0.39, 0.29) is 23.6 Å². The van der Waals surface area contributed by atoms with E-state index in [2.05, 4.69) is 19.9 Å². The van der Waals surface area contributed by atoms with E-state index in [9.17, 15) is 14.7 Å². The van der Waals surface area contributed by atoms with Crippen molar-refractivity contribution in [2.45, 2.75) is 64.1 Å². The average molecular weight is 334 g/mol. The fraction of sp³-hybridized carbons (Fsp3) is 0.684. The Morgan fingerprint density at radius 3 is 3.00 bits per heavy atom. The molecular weight excluding hydrogens is 308 g/mol. The number of hydrogen-bond donors (Lipinski definition) is 1. The highest BCUT2D eigenvalue weighted by molar-refractivity contribution is 5.97. The molecule has 0 spiro atoms. The number of carbonyl (C=O) groups is 2. The lowest BCUT2D eigenvalue weighted by Gasteiger charge is -2.43. The number of allylic oxidation sites excluding steroid dienone is 1. The van der Waals surface area contributed by atoms with Gasteiger partial charge in [-0.1, -0.05) is 18.6 Å². The van der Waals surface area contributed by atoms with Gasteiger partial charge in [0.2, 0.25) is 0 Å². The molecule has 3 rings (SSSR count). The molecule has 1 N–H and O–H groups in total. The van der Waals surface area contributed by atoms with Crippen molar-refractivity contribution in [3.05, 3.63) is 23.0 Å². The van der Waals surface area contributed by atoms with Crippen LogP contribution >= 0.6 is 0 Å². The fourth-order valence-corrected chi connectivity index (χ4v) is 4.24. The van der Waals surface area contributed by atoms with Crippen LogP contribution in [0.1, 0.15) is 52.4 Å². The van der Waals surface area contributed by atoms with Crippen LogP contribution in [0.2, 0.25) is 0 Å². The number of hydrogen-bond acceptors (Lipinski definition) is 5. The molecule has 4 atom stereocenters. The summed E-state index contributed by atoms with van der Waals surface area (Å²) in [6, 6.07) is 0. The van der Waals surface area contributed by atoms with Crippen molar-refractivity contribution in [3.8, 4) is 0 Å². The molecule has 2 aliphatic carbocycles. The molecule has 0 aromatic rings. The maximum atomic E-state index is 12.3. The molecule has 3 aliphatic rings. The van der Waals surface area contributed by atoms with E-state index in [1.807, 2.05) is 0 Å². The van der Waals surface area contributed by atoms with Gasteiger partial charge < -0.3 is 14.6 Å². The highest BCUT2D eigenvalue weighted by atomic mass is 16.5. The summed E-state index contributed by atoms with van der Waals surface area (Å²) in [5, 5.41) is 10.2. The first kappa shape index (κ1) is 17.2. The van der Waals surface area contributed by atoms with Gasteiger partial charge >= 0.3 is 5.97 Å². The molecule has 1 heterocycles. The van der Waals surface area contributed by atoms with Gasteiger partial charge in [-0.15, -0.1) is 0 Å². The normalized spacial score (nSPS) is 33.3. The Morgan fingerprint density at radius 2 is 2.29 bits per heavy atom. The molecule has 0 unspecified atom stereocenters. The van der Waals surface area contributed by atoms with E-state index < -0.39 is 11.7 Å². The Bertz CT molecular complexity index is 617. The first-order valence-corrected chi connectivity index (χ1v) is 8.76. The van der Waals surface area contributed by atoms with E-state index in [1.165, 1.54) is 12.7 Å². The first-order chi connectivity index (χ1) is 11.4. The minimum absolute atomic E-state index is 0.103. The first-order valence-electron chi connectivity index (χ1n) is 8.76. The molecule has 1 aliphatic heterocycles. The van der Waals surface area contributed by atoms with Gasteiger partial charge in [-0.05, 0) is 32.1 Å². The van der Waals surface area contributed by atoms with E-state index in [0.717, 1.165) is 12.8 Å². The lowest BCUT2D eigenvalue weighted by molar-refractivity contribution is -0.140. The summed E-state index contributed by atoms with van der Waals surface area (Å²) in [5.41, 5.74) is 1.54. The van der Waals surface area contributed by atoms with Gasteiger partial charge in [0, 0.05) is 30.8 Å². The number of carbonyl (C=O) groups excluding carboxylic acids is 2. The third kappa shape index (κ3) is 2.90. The third-order valence-corrected chi connectivity index (χ3v) is 5.79. The SMILES string of the molecule is COC(=O)CC[C@@H](C)C1=CC[C@@]2(C)OC3=C(C[C@@H]12)C(=O)CC[C@@H]3O. The van der Waals surface area contributed by atoms with Crippen LogP contribution in [0.5, 0.6) is 0 Å². The third-order valence-electron chi connectivity index (χ3n) is 5.79. The zero-order chi connectivity index (χ0) is 17.5. The Hall–Kier alpha value is -1.62. The maximum Gasteiger partial charge on any atom is 0.305 e. The molecule has 0 amide bonds. The molecule has 5 heteroatoms. The summed E-state index contributed by atoms with van der Waals surface area (Å²) in [5.74, 6) is 0.787. The molecule has 0 aromatic carbocycles. The molecule has 0 saturated carbocycles. The monoisotopic (exact) mass is 334 g/mol. The summed E-state index contributed by atoms with van der Waals surface area (Å²) in [6.07, 6.45) is 4.91. The second-order valence-corrected chi connectivity index (χ2v) is 7.42. The Balaban J connectivity index is 1.78. The maximum absolute atomic E-state index is 12.3. The minimum Gasteiger partial charge on any atom is -0.488 e. The number of rotatable bonds is 4. The number of fused-ring (bicyclic) bond motifs is 1. The van der Waals surface area contributed by atoms with Crippen molar-refractivity contribution in [2.24, 2.45) is 11.8 Å². The van der Waals surface area contributed by atoms with E-state index >= 15 is 0 Å². The molecule has 0 radical (unpaired) electrons. The van der Waals surface area contributed by atoms with E-state index in [1.54, 1.807) is 0 Å². The average Bonchev–Trinajstić information content (AvgIpc) is 2.91. The van der Waals surface area contributed by atoms with Gasteiger partial charge in [-0.25, -0.2) is 0 Å². The van der Waals surface area contributed by atoms with Crippen molar-refractivity contribution in [1.82, 2.24) is 0 Å². The summed E-state index contributed by atoms with van der Waals surface area (Å²) in [7, 11) is 1.40. The molecule has 0 fully saturated rings. The van der Waals surface area contributed by atoms with Crippen LogP contribution in [0.15, 0.2) is 23.0 Å².